The van der Waals surface area contributed by atoms with E-state index in [4.69, 9.17) is 9.47 Å². The summed E-state index contributed by atoms with van der Waals surface area (Å²) in [6, 6.07) is 34.8. The summed E-state index contributed by atoms with van der Waals surface area (Å²) in [7, 11) is 0. The summed E-state index contributed by atoms with van der Waals surface area (Å²) in [6.45, 7) is 10.8. The Hall–Kier alpha value is -4.01. The van der Waals surface area contributed by atoms with Crippen LogP contribution < -0.4 is 10.6 Å². The Morgan fingerprint density at radius 1 is 0.614 bits per heavy atom. The van der Waals surface area contributed by atoms with Crippen LogP contribution in [0.1, 0.15) is 138 Å². The van der Waals surface area contributed by atoms with E-state index in [1.54, 1.807) is 0 Å². The van der Waals surface area contributed by atoms with Crippen LogP contribution in [0.15, 0.2) is 103 Å². The number of benzene rings is 4. The fourth-order valence-corrected chi connectivity index (χ4v) is 7.86. The predicted octanol–water partition coefficient (Wildman–Crippen LogP) is 11.7. The maximum Gasteiger partial charge on any atom is 0.315 e. The highest BCUT2D eigenvalue weighted by Crippen LogP contribution is 2.42. The van der Waals surface area contributed by atoms with Crippen LogP contribution >= 0.6 is 0 Å². The second kappa shape index (κ2) is 24.7. The number of nitrogens with one attached hydrogen (secondary N) is 2. The van der Waals surface area contributed by atoms with Crippen LogP contribution in [0.4, 0.5) is 4.79 Å². The number of aliphatic hydroxyl groups is 1. The molecule has 57 heavy (non-hydrogen) atoms. The van der Waals surface area contributed by atoms with Gasteiger partial charge in [0.15, 0.2) is 6.29 Å². The molecule has 1 aliphatic rings. The maximum absolute atomic E-state index is 12.6. The van der Waals surface area contributed by atoms with Crippen LogP contribution in [0, 0.1) is 5.92 Å². The highest BCUT2D eigenvalue weighted by Gasteiger charge is 2.39. The van der Waals surface area contributed by atoms with Crippen molar-refractivity contribution in [3.8, 4) is 11.1 Å². The number of aliphatic hydroxyl groups excluding tert-OH is 1. The molecule has 0 aromatic heterocycles. The topological polar surface area (TPSA) is 83.1 Å². The second-order valence-electron chi connectivity index (χ2n) is 16.0. The van der Waals surface area contributed by atoms with Gasteiger partial charge in [-0.05, 0) is 71.4 Å². The van der Waals surface area contributed by atoms with E-state index in [1.165, 1.54) is 77.0 Å². The summed E-state index contributed by atoms with van der Waals surface area (Å²) >= 11 is 0. The SMILES string of the molecule is CCCCCCCCN(CCCCCCCC)C[C@@H]1O[C@H](c2cccc(-c3cccc(CNC(=O)NCc4ccccc4)c3)c2)O[C@H](c2ccc(CO)cc2)[C@@H]1C. The average molecular weight is 776 g/mol. The normalized spacial score (nSPS) is 18.1. The number of amides is 2. The van der Waals surface area contributed by atoms with E-state index in [-0.39, 0.29) is 30.8 Å². The summed E-state index contributed by atoms with van der Waals surface area (Å²) in [5.74, 6) is 0.134. The van der Waals surface area contributed by atoms with E-state index in [2.05, 4.69) is 84.8 Å². The molecule has 5 rings (SSSR count). The first kappa shape index (κ1) is 44.1. The number of unbranched alkanes of at least 4 members (excludes halogenated alkanes) is 10. The molecule has 3 N–H and O–H groups in total. The molecule has 7 nitrogen and oxygen atoms in total. The van der Waals surface area contributed by atoms with E-state index >= 15 is 0 Å². The van der Waals surface area contributed by atoms with Gasteiger partial charge in [-0.3, -0.25) is 0 Å². The molecule has 4 aromatic rings. The highest BCUT2D eigenvalue weighted by atomic mass is 16.7. The van der Waals surface area contributed by atoms with Gasteiger partial charge in [0, 0.05) is 31.1 Å². The number of carbonyl (C=O) groups excluding carboxylic acids is 1. The third-order valence-electron chi connectivity index (χ3n) is 11.4. The van der Waals surface area contributed by atoms with Crippen LogP contribution in [-0.2, 0) is 29.2 Å². The summed E-state index contributed by atoms with van der Waals surface area (Å²) < 4.78 is 13.9. The highest BCUT2D eigenvalue weighted by molar-refractivity contribution is 5.74. The van der Waals surface area contributed by atoms with Crippen molar-refractivity contribution < 1.29 is 19.4 Å². The number of hydrogen-bond donors (Lipinski definition) is 3. The lowest BCUT2D eigenvalue weighted by Gasteiger charge is -2.43. The van der Waals surface area contributed by atoms with Crippen molar-refractivity contribution in [2.45, 2.75) is 136 Å². The van der Waals surface area contributed by atoms with Gasteiger partial charge in [-0.2, -0.15) is 0 Å². The van der Waals surface area contributed by atoms with E-state index < -0.39 is 6.29 Å². The van der Waals surface area contributed by atoms with Crippen LogP contribution in [0.25, 0.3) is 11.1 Å². The first-order valence-electron chi connectivity index (χ1n) is 21.9. The number of rotatable bonds is 24. The van der Waals surface area contributed by atoms with Crippen molar-refractivity contribution in [3.05, 3.63) is 131 Å². The number of carbonyl (C=O) groups is 1. The van der Waals surface area contributed by atoms with Gasteiger partial charge in [-0.15, -0.1) is 0 Å². The Labute approximate surface area is 343 Å². The standard InChI is InChI=1S/C50H69N3O4/c1-4-6-8-10-12-17-31-53(32-18-13-11-9-7-5-2)37-47-39(3)48(43-29-27-41(38-54)28-30-43)57-49(56-47)46-26-20-25-45(34-46)44-24-19-23-42(33-44)36-52-50(55)51-35-40-21-15-14-16-22-40/h14-16,19-30,33-34,39,47-49,54H,4-13,17-18,31-32,35-38H2,1-3H3,(H2,51,52,55)/t39-,47+,48+,49+/m1/s1. The zero-order chi connectivity index (χ0) is 40.1. The third-order valence-corrected chi connectivity index (χ3v) is 11.4. The van der Waals surface area contributed by atoms with Gasteiger partial charge in [0.1, 0.15) is 0 Å². The zero-order valence-electron chi connectivity index (χ0n) is 35.0. The Balaban J connectivity index is 1.30. The Morgan fingerprint density at radius 3 is 1.84 bits per heavy atom. The first-order chi connectivity index (χ1) is 28.0. The molecule has 0 aliphatic carbocycles. The molecule has 2 amide bonds. The predicted molar refractivity (Wildman–Crippen MR) is 234 cm³/mol. The van der Waals surface area contributed by atoms with Crippen LogP contribution in [0.2, 0.25) is 0 Å². The Bertz CT molecular complexity index is 1700. The molecule has 1 aliphatic heterocycles. The van der Waals surface area contributed by atoms with Crippen LogP contribution in [-0.4, -0.2) is 41.8 Å². The smallest absolute Gasteiger partial charge is 0.315 e. The van der Waals surface area contributed by atoms with Gasteiger partial charge in [0.2, 0.25) is 0 Å². The Kier molecular flexibility index (Phi) is 19.1. The monoisotopic (exact) mass is 776 g/mol. The van der Waals surface area contributed by atoms with Gasteiger partial charge in [-0.25, -0.2) is 4.79 Å². The second-order valence-corrected chi connectivity index (χ2v) is 16.0. The summed E-state index contributed by atoms with van der Waals surface area (Å²) in [6.07, 6.45) is 14.8. The largest absolute Gasteiger partial charge is 0.392 e. The van der Waals surface area contributed by atoms with E-state index in [1.807, 2.05) is 54.6 Å². The summed E-state index contributed by atoms with van der Waals surface area (Å²) in [5.41, 5.74) is 7.22. The van der Waals surface area contributed by atoms with Crippen molar-refractivity contribution >= 4 is 6.03 Å². The first-order valence-corrected chi connectivity index (χ1v) is 21.9. The third kappa shape index (κ3) is 14.7. The molecule has 0 unspecified atom stereocenters. The molecule has 4 atom stereocenters. The minimum atomic E-state index is -0.531. The lowest BCUT2D eigenvalue weighted by Crippen LogP contribution is -2.45. The average Bonchev–Trinajstić information content (AvgIpc) is 3.25. The van der Waals surface area contributed by atoms with Crippen LogP contribution in [0.5, 0.6) is 0 Å². The lowest BCUT2D eigenvalue weighted by molar-refractivity contribution is -0.276. The van der Waals surface area contributed by atoms with Crippen molar-refractivity contribution in [2.24, 2.45) is 5.92 Å². The molecular weight excluding hydrogens is 707 g/mol. The molecule has 4 aromatic carbocycles. The van der Waals surface area contributed by atoms with Crippen molar-refractivity contribution in [2.75, 3.05) is 19.6 Å². The van der Waals surface area contributed by atoms with Crippen molar-refractivity contribution in [3.63, 3.8) is 0 Å². The molecule has 1 saturated heterocycles. The molecule has 0 radical (unpaired) electrons. The van der Waals surface area contributed by atoms with Crippen LogP contribution in [0.3, 0.4) is 0 Å². The van der Waals surface area contributed by atoms with Gasteiger partial charge in [-0.1, -0.05) is 176 Å². The fraction of sp³-hybridized carbons (Fsp3) is 0.500. The van der Waals surface area contributed by atoms with Gasteiger partial charge in [0.05, 0.1) is 18.8 Å². The minimum Gasteiger partial charge on any atom is -0.392 e. The Morgan fingerprint density at radius 2 is 1.19 bits per heavy atom. The lowest BCUT2D eigenvalue weighted by atomic mass is 9.89. The number of nitrogens with zero attached hydrogens (tertiary/aromatic N) is 1. The molecule has 0 saturated carbocycles. The molecule has 0 bridgehead atoms. The van der Waals surface area contributed by atoms with E-state index in [0.29, 0.717) is 13.1 Å². The number of urea groups is 1. The van der Waals surface area contributed by atoms with E-state index in [0.717, 1.165) is 58.6 Å². The maximum atomic E-state index is 12.6. The quantitative estimate of drug-likeness (QED) is 0.0618. The molecule has 1 fully saturated rings. The fourth-order valence-electron chi connectivity index (χ4n) is 7.86. The molecule has 7 heteroatoms. The molecule has 0 spiro atoms. The van der Waals surface area contributed by atoms with Crippen molar-refractivity contribution in [1.82, 2.24) is 15.5 Å². The number of hydrogen-bond acceptors (Lipinski definition) is 5. The number of ether oxygens (including phenoxy) is 2. The van der Waals surface area contributed by atoms with Gasteiger partial charge < -0.3 is 30.1 Å². The van der Waals surface area contributed by atoms with Gasteiger partial charge >= 0.3 is 6.03 Å². The molecule has 1 heterocycles. The van der Waals surface area contributed by atoms with E-state index in [9.17, 15) is 9.90 Å². The molecule has 308 valence electrons. The summed E-state index contributed by atoms with van der Waals surface area (Å²) in [4.78, 5) is 15.3. The van der Waals surface area contributed by atoms with Crippen molar-refractivity contribution in [1.29, 1.82) is 0 Å². The van der Waals surface area contributed by atoms with Gasteiger partial charge in [0.25, 0.3) is 0 Å². The summed E-state index contributed by atoms with van der Waals surface area (Å²) in [5, 5.41) is 15.7. The zero-order valence-corrected chi connectivity index (χ0v) is 35.0. The minimum absolute atomic E-state index is 0.0162. The molecular formula is C50H69N3O4.